The van der Waals surface area contributed by atoms with Crippen LogP contribution in [0.15, 0.2) is 0 Å². The number of alkyl halides is 3. The number of aliphatic hydroxyl groups is 1. The molecule has 0 aromatic heterocycles. The molecule has 0 aromatic rings. The molecule has 3 nitrogen and oxygen atoms in total. The van der Waals surface area contributed by atoms with E-state index in [4.69, 9.17) is 5.11 Å². The van der Waals surface area contributed by atoms with Crippen molar-refractivity contribution in [1.29, 1.82) is 0 Å². The van der Waals surface area contributed by atoms with Gasteiger partial charge in [-0.1, -0.05) is 13.8 Å². The Kier molecular flexibility index (Phi) is 7.98. The molecule has 0 heterocycles. The Bertz CT molecular complexity index is 240. The van der Waals surface area contributed by atoms with Gasteiger partial charge in [0.2, 0.25) is 5.91 Å². The van der Waals surface area contributed by atoms with Gasteiger partial charge in [0.15, 0.2) is 0 Å². The van der Waals surface area contributed by atoms with E-state index in [2.05, 4.69) is 0 Å². The predicted octanol–water partition coefficient (Wildman–Crippen LogP) is 2.73. The molecule has 0 spiro atoms. The van der Waals surface area contributed by atoms with Gasteiger partial charge >= 0.3 is 6.18 Å². The predicted molar refractivity (Wildman–Crippen MR) is 63.1 cm³/mol. The Morgan fingerprint density at radius 1 is 1.22 bits per heavy atom. The lowest BCUT2D eigenvalue weighted by Crippen LogP contribution is -2.45. The Morgan fingerprint density at radius 2 is 1.78 bits per heavy atom. The summed E-state index contributed by atoms with van der Waals surface area (Å²) >= 11 is 0. The molecule has 0 aromatic carbocycles. The number of aliphatic hydroxyl groups excluding tert-OH is 1. The highest BCUT2D eigenvalue weighted by atomic mass is 19.4. The van der Waals surface area contributed by atoms with Gasteiger partial charge in [-0.05, 0) is 25.7 Å². The molecule has 0 aliphatic carbocycles. The maximum atomic E-state index is 12.5. The lowest BCUT2D eigenvalue weighted by Gasteiger charge is -2.31. The zero-order valence-corrected chi connectivity index (χ0v) is 11.0. The van der Waals surface area contributed by atoms with Crippen molar-refractivity contribution in [1.82, 2.24) is 4.90 Å². The lowest BCUT2D eigenvalue weighted by molar-refractivity contribution is -0.166. The molecule has 108 valence electrons. The number of carbonyl (C=O) groups is 1. The molecule has 0 saturated carbocycles. The second-order valence-electron chi connectivity index (χ2n) is 4.29. The Morgan fingerprint density at radius 3 is 2.17 bits per heavy atom. The summed E-state index contributed by atoms with van der Waals surface area (Å²) in [6.07, 6.45) is -2.42. The first-order chi connectivity index (χ1) is 8.35. The highest BCUT2D eigenvalue weighted by Crippen LogP contribution is 2.21. The lowest BCUT2D eigenvalue weighted by atomic mass is 10.1. The molecule has 0 saturated heterocycles. The summed E-state index contributed by atoms with van der Waals surface area (Å²) in [6, 6.07) is -0.367. The second-order valence-corrected chi connectivity index (χ2v) is 4.29. The van der Waals surface area contributed by atoms with Gasteiger partial charge in [0.1, 0.15) is 6.54 Å². The molecule has 1 N–H and O–H groups in total. The number of amides is 1. The highest BCUT2D eigenvalue weighted by Gasteiger charge is 2.35. The van der Waals surface area contributed by atoms with Crippen molar-refractivity contribution in [3.8, 4) is 0 Å². The average molecular weight is 269 g/mol. The summed E-state index contributed by atoms with van der Waals surface area (Å²) < 4.78 is 37.4. The molecular formula is C12H22F3NO2. The Labute approximate surface area is 106 Å². The third kappa shape index (κ3) is 6.83. The molecule has 0 rings (SSSR count). The fourth-order valence-electron chi connectivity index (χ4n) is 1.88. The minimum Gasteiger partial charge on any atom is -0.396 e. The van der Waals surface area contributed by atoms with Gasteiger partial charge in [-0.2, -0.15) is 13.2 Å². The van der Waals surface area contributed by atoms with Crippen LogP contribution in [0.25, 0.3) is 0 Å². The Balaban J connectivity index is 4.58. The summed E-state index contributed by atoms with van der Waals surface area (Å²) in [5.41, 5.74) is 0. The van der Waals surface area contributed by atoms with Crippen LogP contribution in [0.4, 0.5) is 13.2 Å². The van der Waals surface area contributed by atoms with Crippen molar-refractivity contribution in [2.24, 2.45) is 0 Å². The molecule has 0 bridgehead atoms. The molecule has 0 aliphatic rings. The normalized spacial score (nSPS) is 11.9. The summed E-state index contributed by atoms with van der Waals surface area (Å²) in [6.45, 7) is 2.33. The summed E-state index contributed by atoms with van der Waals surface area (Å²) in [5, 5.41) is 8.60. The number of unbranched alkanes of at least 4 members (excludes halogenated alkanes) is 1. The van der Waals surface area contributed by atoms with E-state index >= 15 is 0 Å². The molecular weight excluding hydrogens is 247 g/mol. The van der Waals surface area contributed by atoms with Crippen molar-refractivity contribution >= 4 is 5.91 Å². The molecule has 0 fully saturated rings. The van der Waals surface area contributed by atoms with Crippen molar-refractivity contribution in [2.45, 2.75) is 58.2 Å². The number of carbonyl (C=O) groups excluding carboxylic acids is 1. The van der Waals surface area contributed by atoms with Crippen LogP contribution in [-0.4, -0.2) is 41.3 Å². The molecule has 0 aliphatic heterocycles. The van der Waals surface area contributed by atoms with Gasteiger partial charge in [0.05, 0.1) is 0 Å². The fourth-order valence-corrected chi connectivity index (χ4v) is 1.88. The maximum absolute atomic E-state index is 12.5. The van der Waals surface area contributed by atoms with Crippen molar-refractivity contribution in [2.75, 3.05) is 13.2 Å². The molecule has 0 unspecified atom stereocenters. The smallest absolute Gasteiger partial charge is 0.396 e. The van der Waals surface area contributed by atoms with Crippen LogP contribution < -0.4 is 0 Å². The van der Waals surface area contributed by atoms with Crippen LogP contribution in [0.5, 0.6) is 0 Å². The number of rotatable bonds is 8. The topological polar surface area (TPSA) is 40.5 Å². The number of hydrogen-bond acceptors (Lipinski definition) is 2. The molecule has 0 atom stereocenters. The van der Waals surface area contributed by atoms with Crippen LogP contribution in [-0.2, 0) is 4.79 Å². The van der Waals surface area contributed by atoms with E-state index in [-0.39, 0.29) is 19.1 Å². The van der Waals surface area contributed by atoms with Crippen molar-refractivity contribution in [3.63, 3.8) is 0 Å². The highest BCUT2D eigenvalue weighted by molar-refractivity contribution is 5.76. The van der Waals surface area contributed by atoms with Gasteiger partial charge in [-0.3, -0.25) is 4.79 Å². The quantitative estimate of drug-likeness (QED) is 0.688. The first-order valence-corrected chi connectivity index (χ1v) is 6.32. The van der Waals surface area contributed by atoms with E-state index in [1.807, 2.05) is 0 Å². The maximum Gasteiger partial charge on any atom is 0.406 e. The number of nitrogens with zero attached hydrogens (tertiary/aromatic N) is 1. The summed E-state index contributed by atoms with van der Waals surface area (Å²) in [5.74, 6) is -0.477. The SMILES string of the molecule is CCC(CC)N(CC(F)(F)F)C(=O)CCCCO. The third-order valence-corrected chi connectivity index (χ3v) is 2.85. The monoisotopic (exact) mass is 269 g/mol. The van der Waals surface area contributed by atoms with Gasteiger partial charge in [0, 0.05) is 19.1 Å². The van der Waals surface area contributed by atoms with E-state index in [0.717, 1.165) is 4.90 Å². The van der Waals surface area contributed by atoms with Gasteiger partial charge in [-0.25, -0.2) is 0 Å². The third-order valence-electron chi connectivity index (χ3n) is 2.85. The fraction of sp³-hybridized carbons (Fsp3) is 0.917. The van der Waals surface area contributed by atoms with Gasteiger partial charge in [-0.15, -0.1) is 0 Å². The minimum absolute atomic E-state index is 0.0441. The van der Waals surface area contributed by atoms with Gasteiger partial charge in [0.25, 0.3) is 0 Å². The van der Waals surface area contributed by atoms with E-state index in [0.29, 0.717) is 25.7 Å². The first-order valence-electron chi connectivity index (χ1n) is 6.32. The average Bonchev–Trinajstić information content (AvgIpc) is 2.28. The van der Waals surface area contributed by atoms with Crippen molar-refractivity contribution < 1.29 is 23.1 Å². The van der Waals surface area contributed by atoms with Crippen LogP contribution in [0.1, 0.15) is 46.0 Å². The number of halogens is 3. The largest absolute Gasteiger partial charge is 0.406 e. The molecule has 6 heteroatoms. The Hall–Kier alpha value is -0.780. The molecule has 18 heavy (non-hydrogen) atoms. The standard InChI is InChI=1S/C12H22F3NO2/c1-3-10(4-2)16(9-12(13,14)15)11(18)7-5-6-8-17/h10,17H,3-9H2,1-2H3. The van der Waals surface area contributed by atoms with Gasteiger partial charge < -0.3 is 10.0 Å². The zero-order chi connectivity index (χ0) is 14.2. The molecule has 1 amide bonds. The summed E-state index contributed by atoms with van der Waals surface area (Å²) in [4.78, 5) is 12.7. The molecule has 0 radical (unpaired) electrons. The van der Waals surface area contributed by atoms with Crippen molar-refractivity contribution in [3.05, 3.63) is 0 Å². The first kappa shape index (κ1) is 17.2. The van der Waals surface area contributed by atoms with E-state index in [1.54, 1.807) is 13.8 Å². The van der Waals surface area contributed by atoms with E-state index in [9.17, 15) is 18.0 Å². The number of hydrogen-bond donors (Lipinski definition) is 1. The van der Waals surface area contributed by atoms with Crippen LogP contribution in [0, 0.1) is 0 Å². The minimum atomic E-state index is -4.37. The second kappa shape index (κ2) is 8.34. The van der Waals surface area contributed by atoms with Crippen LogP contribution in [0.2, 0.25) is 0 Å². The van der Waals surface area contributed by atoms with Crippen LogP contribution in [0.3, 0.4) is 0 Å². The zero-order valence-electron chi connectivity index (χ0n) is 11.0. The summed E-state index contributed by atoms with van der Waals surface area (Å²) in [7, 11) is 0. The van der Waals surface area contributed by atoms with E-state index < -0.39 is 18.6 Å². The van der Waals surface area contributed by atoms with Crippen LogP contribution >= 0.6 is 0 Å². The van der Waals surface area contributed by atoms with E-state index in [1.165, 1.54) is 0 Å².